The first kappa shape index (κ1) is 22.3. The van der Waals surface area contributed by atoms with Crippen LogP contribution in [0.5, 0.6) is 0 Å². The number of hydrogen-bond donors (Lipinski definition) is 0. The van der Waals surface area contributed by atoms with E-state index >= 15 is 0 Å². The lowest BCUT2D eigenvalue weighted by Gasteiger charge is -2.21. The SMILES string of the molecule is C=CCn1c(=S)sc2c(=O)n(Cc3csc(N(C(C)=O)c4cccc(C)c4C)n3)cnc21. The number of carbonyl (C=O) groups excluding carboxylic acids is 1. The molecule has 0 radical (unpaired) electrons. The third-order valence-electron chi connectivity index (χ3n) is 5.15. The molecule has 4 rings (SSSR count). The van der Waals surface area contributed by atoms with Crippen LogP contribution in [0.4, 0.5) is 10.8 Å². The number of hydrogen-bond acceptors (Lipinski definition) is 7. The van der Waals surface area contributed by atoms with Crippen molar-refractivity contribution >= 4 is 62.0 Å². The lowest BCUT2D eigenvalue weighted by molar-refractivity contribution is -0.115. The highest BCUT2D eigenvalue weighted by Crippen LogP contribution is 2.32. The van der Waals surface area contributed by atoms with Crippen LogP contribution in [0.3, 0.4) is 0 Å². The molecule has 0 bridgehead atoms. The summed E-state index contributed by atoms with van der Waals surface area (Å²) in [7, 11) is 0. The lowest BCUT2D eigenvalue weighted by atomic mass is 10.1. The number of amides is 1. The molecule has 0 unspecified atom stereocenters. The van der Waals surface area contributed by atoms with Crippen molar-refractivity contribution in [1.29, 1.82) is 0 Å². The van der Waals surface area contributed by atoms with Crippen LogP contribution in [0.25, 0.3) is 10.3 Å². The van der Waals surface area contributed by atoms with Gasteiger partial charge in [0, 0.05) is 18.8 Å². The van der Waals surface area contributed by atoms with Crippen molar-refractivity contribution in [2.45, 2.75) is 33.9 Å². The summed E-state index contributed by atoms with van der Waals surface area (Å²) < 4.78 is 4.41. The Balaban J connectivity index is 1.69. The fourth-order valence-electron chi connectivity index (χ4n) is 3.41. The molecule has 0 aliphatic heterocycles. The molecule has 0 aliphatic carbocycles. The van der Waals surface area contributed by atoms with Gasteiger partial charge in [-0.1, -0.05) is 29.5 Å². The fourth-order valence-corrected chi connectivity index (χ4v) is 5.59. The summed E-state index contributed by atoms with van der Waals surface area (Å²) in [5.41, 5.74) is 4.01. The van der Waals surface area contributed by atoms with Gasteiger partial charge in [-0.2, -0.15) is 0 Å². The zero-order valence-corrected chi connectivity index (χ0v) is 20.3. The average molecular weight is 484 g/mol. The van der Waals surface area contributed by atoms with E-state index in [1.54, 1.807) is 15.5 Å². The topological polar surface area (TPSA) is 73.0 Å². The Labute approximate surface area is 197 Å². The normalized spacial score (nSPS) is 11.1. The van der Waals surface area contributed by atoms with Crippen molar-refractivity contribution in [3.05, 3.63) is 73.7 Å². The summed E-state index contributed by atoms with van der Waals surface area (Å²) in [6.07, 6.45) is 3.24. The predicted molar refractivity (Wildman–Crippen MR) is 133 cm³/mol. The maximum Gasteiger partial charge on any atom is 0.273 e. The van der Waals surface area contributed by atoms with Gasteiger partial charge in [0.15, 0.2) is 14.7 Å². The van der Waals surface area contributed by atoms with E-state index in [0.29, 0.717) is 31.7 Å². The summed E-state index contributed by atoms with van der Waals surface area (Å²) >= 11 is 7.98. The number of carbonyl (C=O) groups is 1. The van der Waals surface area contributed by atoms with Crippen LogP contribution >= 0.6 is 34.9 Å². The van der Waals surface area contributed by atoms with Crippen LogP contribution in [0.15, 0.2) is 47.4 Å². The summed E-state index contributed by atoms with van der Waals surface area (Å²) in [4.78, 5) is 36.2. The molecule has 3 heterocycles. The third-order valence-corrected chi connectivity index (χ3v) is 7.45. The zero-order chi connectivity index (χ0) is 23.0. The smallest absolute Gasteiger partial charge is 0.273 e. The van der Waals surface area contributed by atoms with Crippen molar-refractivity contribution in [2.24, 2.45) is 0 Å². The van der Waals surface area contributed by atoms with Crippen LogP contribution in [-0.2, 0) is 17.9 Å². The van der Waals surface area contributed by atoms with E-state index in [1.807, 2.05) is 37.4 Å². The molecule has 0 saturated carbocycles. The first-order valence-corrected chi connectivity index (χ1v) is 11.9. The monoisotopic (exact) mass is 483 g/mol. The number of fused-ring (bicyclic) bond motifs is 1. The van der Waals surface area contributed by atoms with Gasteiger partial charge in [0.25, 0.3) is 5.56 Å². The minimum absolute atomic E-state index is 0.122. The second-order valence-electron chi connectivity index (χ2n) is 7.29. The third kappa shape index (κ3) is 3.96. The molecule has 0 saturated heterocycles. The molecular weight excluding hydrogens is 462 g/mol. The molecule has 164 valence electrons. The van der Waals surface area contributed by atoms with Crippen molar-refractivity contribution in [1.82, 2.24) is 19.1 Å². The van der Waals surface area contributed by atoms with Crippen LogP contribution in [0.1, 0.15) is 23.7 Å². The molecule has 32 heavy (non-hydrogen) atoms. The lowest BCUT2D eigenvalue weighted by Crippen LogP contribution is -2.24. The summed E-state index contributed by atoms with van der Waals surface area (Å²) in [6, 6.07) is 5.85. The van der Waals surface area contributed by atoms with E-state index in [0.717, 1.165) is 16.8 Å². The molecule has 7 nitrogen and oxygen atoms in total. The number of aryl methyl sites for hydroxylation is 1. The molecule has 0 aliphatic rings. The number of rotatable bonds is 6. The number of thiazole rings is 2. The van der Waals surface area contributed by atoms with Gasteiger partial charge in [-0.25, -0.2) is 9.97 Å². The Hall–Kier alpha value is -2.95. The largest absolute Gasteiger partial charge is 0.304 e. The Bertz CT molecular complexity index is 1460. The number of aromatic nitrogens is 4. The highest BCUT2D eigenvalue weighted by atomic mass is 32.1. The van der Waals surface area contributed by atoms with Gasteiger partial charge in [0.05, 0.1) is 17.9 Å². The molecule has 1 amide bonds. The van der Waals surface area contributed by atoms with Crippen molar-refractivity contribution in [3.63, 3.8) is 0 Å². The van der Waals surface area contributed by atoms with Crippen molar-refractivity contribution in [3.8, 4) is 0 Å². The Kier molecular flexibility index (Phi) is 6.18. The number of allylic oxidation sites excluding steroid dienone is 1. The van der Waals surface area contributed by atoms with Crippen LogP contribution < -0.4 is 10.5 Å². The van der Waals surface area contributed by atoms with Crippen molar-refractivity contribution in [2.75, 3.05) is 4.90 Å². The molecule has 4 aromatic rings. The summed E-state index contributed by atoms with van der Waals surface area (Å²) in [5, 5.41) is 2.42. The van der Waals surface area contributed by atoms with Gasteiger partial charge in [-0.05, 0) is 43.3 Å². The van der Waals surface area contributed by atoms with E-state index in [2.05, 4.69) is 16.5 Å². The van der Waals surface area contributed by atoms with E-state index in [4.69, 9.17) is 12.2 Å². The number of benzene rings is 1. The molecule has 1 aromatic carbocycles. The molecule has 0 fully saturated rings. The Morgan fingerprint density at radius 1 is 1.34 bits per heavy atom. The first-order chi connectivity index (χ1) is 15.3. The van der Waals surface area contributed by atoms with Crippen LogP contribution in [0.2, 0.25) is 0 Å². The van der Waals surface area contributed by atoms with Gasteiger partial charge >= 0.3 is 0 Å². The standard InChI is InChI=1S/C22H21N5O2S3/c1-5-9-26-19-18(32-22(26)30)20(29)25(12-23-19)10-16-11-31-21(24-16)27(15(4)28)17-8-6-7-13(2)14(17)3/h5-8,11-12H,1,9-10H2,2-4H3. The second-order valence-corrected chi connectivity index (χ2v) is 9.77. The zero-order valence-electron chi connectivity index (χ0n) is 17.9. The molecule has 0 spiro atoms. The van der Waals surface area contributed by atoms with Gasteiger partial charge in [0.1, 0.15) is 11.0 Å². The quantitative estimate of drug-likeness (QED) is 0.286. The minimum atomic E-state index is -0.165. The molecule has 3 aromatic heterocycles. The molecular formula is C22H21N5O2S3. The fraction of sp³-hybridized carbons (Fsp3) is 0.227. The predicted octanol–water partition coefficient (Wildman–Crippen LogP) is 4.98. The van der Waals surface area contributed by atoms with Crippen LogP contribution in [0, 0.1) is 17.8 Å². The van der Waals surface area contributed by atoms with Crippen molar-refractivity contribution < 1.29 is 4.79 Å². The van der Waals surface area contributed by atoms with Crippen LogP contribution in [-0.4, -0.2) is 25.0 Å². The summed E-state index contributed by atoms with van der Waals surface area (Å²) in [6.45, 7) is 10.0. The second kappa shape index (κ2) is 8.89. The Morgan fingerprint density at radius 2 is 2.12 bits per heavy atom. The highest BCUT2D eigenvalue weighted by Gasteiger charge is 2.21. The number of nitrogens with zero attached hydrogens (tertiary/aromatic N) is 5. The minimum Gasteiger partial charge on any atom is -0.304 e. The number of anilines is 2. The first-order valence-electron chi connectivity index (χ1n) is 9.82. The van der Waals surface area contributed by atoms with Gasteiger partial charge in [-0.3, -0.25) is 19.1 Å². The van der Waals surface area contributed by atoms with Gasteiger partial charge in [-0.15, -0.1) is 17.9 Å². The van der Waals surface area contributed by atoms with E-state index in [9.17, 15) is 9.59 Å². The molecule has 10 heteroatoms. The van der Waals surface area contributed by atoms with Gasteiger partial charge < -0.3 is 4.57 Å². The Morgan fingerprint density at radius 3 is 2.84 bits per heavy atom. The van der Waals surface area contributed by atoms with E-state index < -0.39 is 0 Å². The van der Waals surface area contributed by atoms with Gasteiger partial charge in [0.2, 0.25) is 5.91 Å². The van der Waals surface area contributed by atoms with E-state index in [1.165, 1.54) is 40.5 Å². The summed E-state index contributed by atoms with van der Waals surface area (Å²) in [5.74, 6) is -0.122. The van der Waals surface area contributed by atoms with E-state index in [-0.39, 0.29) is 18.0 Å². The highest BCUT2D eigenvalue weighted by molar-refractivity contribution is 7.73. The maximum absolute atomic E-state index is 13.0. The average Bonchev–Trinajstić information content (AvgIpc) is 3.33. The molecule has 0 N–H and O–H groups in total. The maximum atomic E-state index is 13.0. The molecule has 0 atom stereocenters.